The van der Waals surface area contributed by atoms with Gasteiger partial charge in [0.25, 0.3) is 0 Å². The van der Waals surface area contributed by atoms with E-state index >= 15 is 0 Å². The van der Waals surface area contributed by atoms with Crippen LogP contribution in [0, 0.1) is 6.92 Å². The number of hydrogen-bond donors (Lipinski definition) is 0. The number of rotatable bonds is 5. The van der Waals surface area contributed by atoms with Gasteiger partial charge in [-0.25, -0.2) is 0 Å². The molecular formula is C12H16O3. The van der Waals surface area contributed by atoms with Gasteiger partial charge < -0.3 is 9.47 Å². The third-order valence-corrected chi connectivity index (χ3v) is 2.18. The lowest BCUT2D eigenvalue weighted by Gasteiger charge is -2.12. The molecule has 0 spiro atoms. The summed E-state index contributed by atoms with van der Waals surface area (Å²) in [4.78, 5) is 10.7. The lowest BCUT2D eigenvalue weighted by atomic mass is 10.1. The van der Waals surface area contributed by atoms with E-state index < -0.39 is 0 Å². The standard InChI is InChI=1S/C12H16O3/c1-4-7-15-11-6-5-10(8-13)12(14-3)9(11)2/h5-6,8H,4,7H2,1-3H3. The molecule has 3 nitrogen and oxygen atoms in total. The largest absolute Gasteiger partial charge is 0.496 e. The Bertz CT molecular complexity index is 345. The molecule has 0 aliphatic rings. The second kappa shape index (κ2) is 5.39. The molecule has 0 heterocycles. The van der Waals surface area contributed by atoms with Crippen LogP contribution in [0.5, 0.6) is 11.5 Å². The first-order valence-electron chi connectivity index (χ1n) is 5.00. The lowest BCUT2D eigenvalue weighted by molar-refractivity contribution is 0.112. The Morgan fingerprint density at radius 1 is 1.40 bits per heavy atom. The molecule has 0 fully saturated rings. The summed E-state index contributed by atoms with van der Waals surface area (Å²) in [6.07, 6.45) is 1.74. The van der Waals surface area contributed by atoms with Crippen molar-refractivity contribution in [2.75, 3.05) is 13.7 Å². The van der Waals surface area contributed by atoms with Crippen molar-refractivity contribution in [3.63, 3.8) is 0 Å². The first kappa shape index (κ1) is 11.6. The third-order valence-electron chi connectivity index (χ3n) is 2.18. The van der Waals surface area contributed by atoms with Gasteiger partial charge in [0.1, 0.15) is 11.5 Å². The summed E-state index contributed by atoms with van der Waals surface area (Å²) < 4.78 is 10.7. The predicted octanol–water partition coefficient (Wildman–Crippen LogP) is 2.60. The van der Waals surface area contributed by atoms with Gasteiger partial charge in [-0.2, -0.15) is 0 Å². The van der Waals surface area contributed by atoms with Gasteiger partial charge >= 0.3 is 0 Å². The van der Waals surface area contributed by atoms with Crippen molar-refractivity contribution in [1.29, 1.82) is 0 Å². The molecule has 3 heteroatoms. The molecule has 1 aromatic carbocycles. The molecule has 0 saturated heterocycles. The van der Waals surface area contributed by atoms with Crippen LogP contribution in [-0.2, 0) is 0 Å². The maximum atomic E-state index is 10.7. The Hall–Kier alpha value is -1.51. The second-order valence-corrected chi connectivity index (χ2v) is 3.28. The highest BCUT2D eigenvalue weighted by molar-refractivity contribution is 5.81. The maximum Gasteiger partial charge on any atom is 0.153 e. The molecule has 0 atom stereocenters. The number of carbonyl (C=O) groups is 1. The van der Waals surface area contributed by atoms with Crippen LogP contribution in [0.4, 0.5) is 0 Å². The third kappa shape index (κ3) is 2.49. The summed E-state index contributed by atoms with van der Waals surface area (Å²) in [6.45, 7) is 4.60. The van der Waals surface area contributed by atoms with Gasteiger partial charge in [0.15, 0.2) is 6.29 Å². The van der Waals surface area contributed by atoms with E-state index in [0.717, 1.165) is 24.0 Å². The Morgan fingerprint density at radius 2 is 2.13 bits per heavy atom. The Labute approximate surface area is 90.0 Å². The molecule has 0 amide bonds. The summed E-state index contributed by atoms with van der Waals surface area (Å²) >= 11 is 0. The first-order chi connectivity index (χ1) is 7.24. The van der Waals surface area contributed by atoms with E-state index in [0.29, 0.717) is 17.9 Å². The van der Waals surface area contributed by atoms with Crippen LogP contribution in [0.25, 0.3) is 0 Å². The van der Waals surface area contributed by atoms with Gasteiger partial charge in [-0.3, -0.25) is 4.79 Å². The predicted molar refractivity (Wildman–Crippen MR) is 58.9 cm³/mol. The molecule has 0 unspecified atom stereocenters. The van der Waals surface area contributed by atoms with Gasteiger partial charge in [0.2, 0.25) is 0 Å². The van der Waals surface area contributed by atoms with Gasteiger partial charge in [-0.15, -0.1) is 0 Å². The maximum absolute atomic E-state index is 10.7. The average Bonchev–Trinajstić information content (AvgIpc) is 2.27. The van der Waals surface area contributed by atoms with E-state index in [1.165, 1.54) is 0 Å². The highest BCUT2D eigenvalue weighted by Gasteiger charge is 2.10. The van der Waals surface area contributed by atoms with Crippen molar-refractivity contribution in [2.45, 2.75) is 20.3 Å². The smallest absolute Gasteiger partial charge is 0.153 e. The Balaban J connectivity index is 3.05. The molecular weight excluding hydrogens is 192 g/mol. The molecule has 0 radical (unpaired) electrons. The van der Waals surface area contributed by atoms with E-state index in [-0.39, 0.29) is 0 Å². The van der Waals surface area contributed by atoms with Crippen molar-refractivity contribution in [3.05, 3.63) is 23.3 Å². The van der Waals surface area contributed by atoms with Crippen molar-refractivity contribution in [2.24, 2.45) is 0 Å². The number of carbonyl (C=O) groups excluding carboxylic acids is 1. The van der Waals surface area contributed by atoms with E-state index in [9.17, 15) is 4.79 Å². The fourth-order valence-corrected chi connectivity index (χ4v) is 1.43. The molecule has 15 heavy (non-hydrogen) atoms. The van der Waals surface area contributed by atoms with E-state index in [2.05, 4.69) is 0 Å². The van der Waals surface area contributed by atoms with E-state index in [1.54, 1.807) is 19.2 Å². The summed E-state index contributed by atoms with van der Waals surface area (Å²) in [5.74, 6) is 1.37. The monoisotopic (exact) mass is 208 g/mol. The van der Waals surface area contributed by atoms with Gasteiger partial charge in [-0.1, -0.05) is 6.92 Å². The summed E-state index contributed by atoms with van der Waals surface area (Å²) in [5, 5.41) is 0. The molecule has 82 valence electrons. The molecule has 0 bridgehead atoms. The highest BCUT2D eigenvalue weighted by Crippen LogP contribution is 2.30. The molecule has 0 aromatic heterocycles. The zero-order valence-electron chi connectivity index (χ0n) is 9.37. The lowest BCUT2D eigenvalue weighted by Crippen LogP contribution is -2.00. The van der Waals surface area contributed by atoms with Crippen LogP contribution < -0.4 is 9.47 Å². The Morgan fingerprint density at radius 3 is 2.67 bits per heavy atom. The van der Waals surface area contributed by atoms with Gasteiger partial charge in [-0.05, 0) is 25.5 Å². The molecule has 1 rings (SSSR count). The molecule has 0 saturated carbocycles. The van der Waals surface area contributed by atoms with Gasteiger partial charge in [0, 0.05) is 5.56 Å². The fraction of sp³-hybridized carbons (Fsp3) is 0.417. The SMILES string of the molecule is CCCOc1ccc(C=O)c(OC)c1C. The number of methoxy groups -OCH3 is 1. The number of hydrogen-bond acceptors (Lipinski definition) is 3. The molecule has 0 aliphatic carbocycles. The van der Waals surface area contributed by atoms with E-state index in [1.807, 2.05) is 13.8 Å². The van der Waals surface area contributed by atoms with E-state index in [4.69, 9.17) is 9.47 Å². The molecule has 0 aliphatic heterocycles. The quantitative estimate of drug-likeness (QED) is 0.698. The molecule has 0 N–H and O–H groups in total. The minimum atomic E-state index is 0.554. The van der Waals surface area contributed by atoms with Crippen molar-refractivity contribution in [3.8, 4) is 11.5 Å². The normalized spacial score (nSPS) is 9.80. The number of aldehydes is 1. The fourth-order valence-electron chi connectivity index (χ4n) is 1.43. The highest BCUT2D eigenvalue weighted by atomic mass is 16.5. The zero-order valence-corrected chi connectivity index (χ0v) is 9.37. The van der Waals surface area contributed by atoms with Crippen molar-refractivity contribution < 1.29 is 14.3 Å². The summed E-state index contributed by atoms with van der Waals surface area (Å²) in [5.41, 5.74) is 1.43. The minimum absolute atomic E-state index is 0.554. The van der Waals surface area contributed by atoms with Crippen molar-refractivity contribution >= 4 is 6.29 Å². The topological polar surface area (TPSA) is 35.5 Å². The first-order valence-corrected chi connectivity index (χ1v) is 5.00. The van der Waals surface area contributed by atoms with Crippen LogP contribution in [0.1, 0.15) is 29.3 Å². The summed E-state index contributed by atoms with van der Waals surface area (Å²) in [7, 11) is 1.55. The van der Waals surface area contributed by atoms with Crippen LogP contribution in [0.15, 0.2) is 12.1 Å². The number of benzene rings is 1. The van der Waals surface area contributed by atoms with Crippen LogP contribution in [0.2, 0.25) is 0 Å². The van der Waals surface area contributed by atoms with Gasteiger partial charge in [0.05, 0.1) is 19.3 Å². The zero-order chi connectivity index (χ0) is 11.3. The molecule has 1 aromatic rings. The summed E-state index contributed by atoms with van der Waals surface area (Å²) in [6, 6.07) is 3.51. The van der Waals surface area contributed by atoms with Crippen LogP contribution in [0.3, 0.4) is 0 Å². The van der Waals surface area contributed by atoms with Crippen molar-refractivity contribution in [1.82, 2.24) is 0 Å². The van der Waals surface area contributed by atoms with Crippen LogP contribution >= 0.6 is 0 Å². The second-order valence-electron chi connectivity index (χ2n) is 3.28. The number of ether oxygens (including phenoxy) is 2. The minimum Gasteiger partial charge on any atom is -0.496 e. The average molecular weight is 208 g/mol. The Kier molecular flexibility index (Phi) is 4.16. The van der Waals surface area contributed by atoms with Crippen LogP contribution in [-0.4, -0.2) is 20.0 Å².